The summed E-state index contributed by atoms with van der Waals surface area (Å²) in [7, 11) is 0. The molecule has 9 aromatic carbocycles. The molecule has 11 aromatic rings. The lowest BCUT2D eigenvalue weighted by molar-refractivity contribution is 1.09. The lowest BCUT2D eigenvalue weighted by Gasteiger charge is -2.26. The molecule has 0 atom stereocenters. The number of hydrogen-bond donors (Lipinski definition) is 0. The van der Waals surface area contributed by atoms with Crippen LogP contribution in [0.1, 0.15) is 11.1 Å². The number of fused-ring (bicyclic) bond motifs is 6. The highest BCUT2D eigenvalue weighted by atomic mass is 15.1. The van der Waals surface area contributed by atoms with Gasteiger partial charge < -0.3 is 9.13 Å². The van der Waals surface area contributed by atoms with Gasteiger partial charge in [0.15, 0.2) is 0 Å². The summed E-state index contributed by atoms with van der Waals surface area (Å²) in [6, 6.07) is 76.6. The Kier molecular flexibility index (Phi) is 8.22. The second kappa shape index (κ2) is 14.2. The SMILES string of the molecule is N#Cc1c(C#N)c(-c2ccc(-c3ccccc3)cc2)c(-n2c3ccccc3c3ccccc32)c(-n2c3ccccc3c3ccccc32)c1-c1ccc(-c2ccccc2)cc1. The first kappa shape index (κ1) is 34.8. The predicted octanol–water partition coefficient (Wildman–Crippen LogP) is 14.3. The van der Waals surface area contributed by atoms with Crippen molar-refractivity contribution in [2.75, 3.05) is 0 Å². The summed E-state index contributed by atoms with van der Waals surface area (Å²) < 4.78 is 4.65. The maximum atomic E-state index is 11.5. The molecule has 0 spiro atoms. The molecule has 2 heterocycles. The zero-order valence-electron chi connectivity index (χ0n) is 32.4. The maximum absolute atomic E-state index is 11.5. The number of benzene rings is 9. The van der Waals surface area contributed by atoms with E-state index >= 15 is 0 Å². The van der Waals surface area contributed by atoms with Gasteiger partial charge in [-0.15, -0.1) is 0 Å². The van der Waals surface area contributed by atoms with Crippen LogP contribution in [-0.4, -0.2) is 9.13 Å². The summed E-state index contributed by atoms with van der Waals surface area (Å²) in [5.41, 5.74) is 13.7. The van der Waals surface area contributed by atoms with Crippen LogP contribution >= 0.6 is 0 Å². The van der Waals surface area contributed by atoms with E-state index in [4.69, 9.17) is 0 Å². The third-order valence-electron chi connectivity index (χ3n) is 11.8. The Morgan fingerprint density at radius 2 is 0.517 bits per heavy atom. The zero-order valence-corrected chi connectivity index (χ0v) is 32.4. The van der Waals surface area contributed by atoms with Crippen molar-refractivity contribution in [1.29, 1.82) is 10.5 Å². The molecule has 0 fully saturated rings. The first-order chi connectivity index (χ1) is 29.7. The lowest BCUT2D eigenvalue weighted by Crippen LogP contribution is -2.11. The van der Waals surface area contributed by atoms with E-state index in [1.54, 1.807) is 0 Å². The molecular weight excluding hydrogens is 729 g/mol. The van der Waals surface area contributed by atoms with Crippen molar-refractivity contribution < 1.29 is 0 Å². The normalized spacial score (nSPS) is 11.3. The van der Waals surface area contributed by atoms with E-state index in [9.17, 15) is 10.5 Å². The molecule has 0 saturated heterocycles. The second-order valence-corrected chi connectivity index (χ2v) is 15.0. The van der Waals surface area contributed by atoms with Gasteiger partial charge in [-0.25, -0.2) is 0 Å². The van der Waals surface area contributed by atoms with Crippen LogP contribution in [0.25, 0.3) is 99.5 Å². The topological polar surface area (TPSA) is 57.4 Å². The van der Waals surface area contributed by atoms with Crippen LogP contribution in [0.3, 0.4) is 0 Å². The largest absolute Gasteiger partial charge is 0.307 e. The van der Waals surface area contributed by atoms with Crippen molar-refractivity contribution in [2.45, 2.75) is 0 Å². The van der Waals surface area contributed by atoms with Gasteiger partial charge in [-0.05, 0) is 57.6 Å². The zero-order chi connectivity index (χ0) is 40.2. The number of hydrogen-bond acceptors (Lipinski definition) is 2. The van der Waals surface area contributed by atoms with Crippen molar-refractivity contribution in [3.05, 3.63) is 217 Å². The Hall–Kier alpha value is -8.44. The van der Waals surface area contributed by atoms with Crippen LogP contribution in [0.5, 0.6) is 0 Å². The Morgan fingerprint density at radius 3 is 0.817 bits per heavy atom. The van der Waals surface area contributed by atoms with Crippen molar-refractivity contribution in [1.82, 2.24) is 9.13 Å². The predicted molar refractivity (Wildman–Crippen MR) is 246 cm³/mol. The molecule has 4 nitrogen and oxygen atoms in total. The molecule has 0 unspecified atom stereocenters. The summed E-state index contributed by atoms with van der Waals surface area (Å²) in [6.07, 6.45) is 0. The van der Waals surface area contributed by atoms with Gasteiger partial charge >= 0.3 is 0 Å². The monoisotopic (exact) mass is 762 g/mol. The van der Waals surface area contributed by atoms with Crippen LogP contribution in [-0.2, 0) is 0 Å². The quantitative estimate of drug-likeness (QED) is 0.169. The molecule has 0 aliphatic rings. The van der Waals surface area contributed by atoms with Crippen LogP contribution in [0.2, 0.25) is 0 Å². The minimum Gasteiger partial charge on any atom is -0.307 e. The highest BCUT2D eigenvalue weighted by Gasteiger charge is 2.31. The van der Waals surface area contributed by atoms with Crippen LogP contribution in [0, 0.1) is 22.7 Å². The smallest absolute Gasteiger partial charge is 0.101 e. The summed E-state index contributed by atoms with van der Waals surface area (Å²) in [4.78, 5) is 0. The molecule has 0 radical (unpaired) electrons. The average Bonchev–Trinajstić information content (AvgIpc) is 3.84. The van der Waals surface area contributed by atoms with E-state index in [-0.39, 0.29) is 0 Å². The van der Waals surface area contributed by atoms with E-state index in [1.165, 1.54) is 0 Å². The minimum absolute atomic E-state index is 0.327. The summed E-state index contributed by atoms with van der Waals surface area (Å²) in [6.45, 7) is 0. The molecule has 4 heteroatoms. The minimum atomic E-state index is 0.327. The molecule has 11 rings (SSSR count). The highest BCUT2D eigenvalue weighted by molar-refractivity contribution is 6.14. The van der Waals surface area contributed by atoms with Crippen LogP contribution in [0.4, 0.5) is 0 Å². The third-order valence-corrected chi connectivity index (χ3v) is 11.8. The van der Waals surface area contributed by atoms with Gasteiger partial charge in [0.05, 0.1) is 44.6 Å². The Labute approximate surface area is 347 Å². The Bertz CT molecular complexity index is 3180. The molecule has 0 aliphatic heterocycles. The number of rotatable bonds is 6. The number of nitrogens with zero attached hydrogens (tertiary/aromatic N) is 4. The van der Waals surface area contributed by atoms with Gasteiger partial charge in [0.25, 0.3) is 0 Å². The molecule has 0 N–H and O–H groups in total. The van der Waals surface area contributed by atoms with Gasteiger partial charge in [-0.2, -0.15) is 10.5 Å². The van der Waals surface area contributed by atoms with Crippen molar-refractivity contribution in [3.63, 3.8) is 0 Å². The molecular formula is C56H34N4. The number of nitriles is 2. The summed E-state index contributed by atoms with van der Waals surface area (Å²) >= 11 is 0. The Morgan fingerprint density at radius 1 is 0.267 bits per heavy atom. The van der Waals surface area contributed by atoms with Gasteiger partial charge in [0.1, 0.15) is 12.1 Å². The average molecular weight is 763 g/mol. The number of para-hydroxylation sites is 4. The van der Waals surface area contributed by atoms with Gasteiger partial charge in [0.2, 0.25) is 0 Å². The van der Waals surface area contributed by atoms with Crippen LogP contribution < -0.4 is 0 Å². The maximum Gasteiger partial charge on any atom is 0.101 e. The first-order valence-corrected chi connectivity index (χ1v) is 20.1. The van der Waals surface area contributed by atoms with E-state index in [0.29, 0.717) is 22.3 Å². The van der Waals surface area contributed by atoms with Gasteiger partial charge in [0, 0.05) is 32.7 Å². The molecule has 278 valence electrons. The van der Waals surface area contributed by atoms with E-state index < -0.39 is 0 Å². The fraction of sp³-hybridized carbons (Fsp3) is 0. The molecule has 0 aliphatic carbocycles. The first-order valence-electron chi connectivity index (χ1n) is 20.1. The second-order valence-electron chi connectivity index (χ2n) is 15.0. The van der Waals surface area contributed by atoms with E-state index in [2.05, 4.69) is 191 Å². The lowest BCUT2D eigenvalue weighted by atomic mass is 9.85. The van der Waals surface area contributed by atoms with Crippen molar-refractivity contribution in [2.24, 2.45) is 0 Å². The highest BCUT2D eigenvalue weighted by Crippen LogP contribution is 2.49. The molecule has 0 saturated carbocycles. The van der Waals surface area contributed by atoms with Crippen LogP contribution in [0.15, 0.2) is 206 Å². The Balaban J connectivity index is 1.37. The van der Waals surface area contributed by atoms with Crippen molar-refractivity contribution in [3.8, 4) is 68.0 Å². The molecule has 2 aromatic heterocycles. The number of aromatic nitrogens is 2. The van der Waals surface area contributed by atoms with E-state index in [0.717, 1.165) is 88.4 Å². The third kappa shape index (κ3) is 5.37. The molecule has 0 amide bonds. The molecule has 60 heavy (non-hydrogen) atoms. The summed E-state index contributed by atoms with van der Waals surface area (Å²) in [5, 5.41) is 27.4. The van der Waals surface area contributed by atoms with Crippen molar-refractivity contribution >= 4 is 43.6 Å². The fourth-order valence-electron chi connectivity index (χ4n) is 9.19. The molecule has 0 bridgehead atoms. The fourth-order valence-corrected chi connectivity index (χ4v) is 9.19. The van der Waals surface area contributed by atoms with E-state index in [1.807, 2.05) is 36.4 Å². The summed E-state index contributed by atoms with van der Waals surface area (Å²) in [5.74, 6) is 0. The van der Waals surface area contributed by atoms with Gasteiger partial charge in [-0.3, -0.25) is 0 Å². The van der Waals surface area contributed by atoms with Gasteiger partial charge in [-0.1, -0.05) is 182 Å². The standard InChI is InChI=1S/C56H34N4/c57-35-47-48(36-58)54(42-33-29-40(30-34-42)38-17-5-2-6-18-38)56(60-51-25-13-9-21-45(51)46-22-10-14-26-52(46)60)55(53(47)41-31-27-39(28-32-41)37-15-3-1-4-16-37)59-49-23-11-7-19-43(49)44-20-8-12-24-50(44)59/h1-34H.